The molecule has 158 valence electrons. The summed E-state index contributed by atoms with van der Waals surface area (Å²) in [5.41, 5.74) is 9.26. The number of pyridine rings is 1. The summed E-state index contributed by atoms with van der Waals surface area (Å²) in [5.74, 6) is 0. The fraction of sp³-hybridized carbons (Fsp3) is 0.542. The van der Waals surface area contributed by atoms with Gasteiger partial charge in [0, 0.05) is 51.5 Å². The molecule has 0 saturated carbocycles. The van der Waals surface area contributed by atoms with Crippen molar-refractivity contribution in [3.05, 3.63) is 65.5 Å². The molecule has 0 amide bonds. The van der Waals surface area contributed by atoms with E-state index >= 15 is 0 Å². The highest BCUT2D eigenvalue weighted by molar-refractivity contribution is 5.15. The van der Waals surface area contributed by atoms with Gasteiger partial charge >= 0.3 is 0 Å². The van der Waals surface area contributed by atoms with E-state index in [1.165, 1.54) is 44.7 Å². The summed E-state index contributed by atoms with van der Waals surface area (Å²) in [6, 6.07) is 17.1. The van der Waals surface area contributed by atoms with Crippen molar-refractivity contribution in [2.45, 2.75) is 32.9 Å². The zero-order valence-electron chi connectivity index (χ0n) is 18.0. The third kappa shape index (κ3) is 7.86. The van der Waals surface area contributed by atoms with Crippen LogP contribution in [0.15, 0.2) is 48.5 Å². The molecule has 5 nitrogen and oxygen atoms in total. The maximum atomic E-state index is 5.64. The second kappa shape index (κ2) is 12.0. The van der Waals surface area contributed by atoms with E-state index in [0.29, 0.717) is 0 Å². The Labute approximate surface area is 176 Å². The van der Waals surface area contributed by atoms with Crippen molar-refractivity contribution < 1.29 is 0 Å². The van der Waals surface area contributed by atoms with Crippen LogP contribution < -0.4 is 5.73 Å². The smallest absolute Gasteiger partial charge is 0.0547 e. The van der Waals surface area contributed by atoms with Gasteiger partial charge in [0.1, 0.15) is 0 Å². The van der Waals surface area contributed by atoms with Gasteiger partial charge in [-0.1, -0.05) is 36.4 Å². The number of nitrogens with zero attached hydrogens (tertiary/aromatic N) is 4. The highest BCUT2D eigenvalue weighted by Gasteiger charge is 2.16. The molecule has 0 aliphatic carbocycles. The van der Waals surface area contributed by atoms with Crippen LogP contribution in [0.3, 0.4) is 0 Å². The van der Waals surface area contributed by atoms with Crippen molar-refractivity contribution in [2.75, 3.05) is 52.4 Å². The Morgan fingerprint density at radius 2 is 1.55 bits per heavy atom. The first kappa shape index (κ1) is 21.9. The molecule has 0 bridgehead atoms. The third-order valence-corrected chi connectivity index (χ3v) is 5.67. The molecule has 5 heteroatoms. The number of aryl methyl sites for hydroxylation is 1. The molecule has 1 fully saturated rings. The molecule has 0 radical (unpaired) electrons. The maximum absolute atomic E-state index is 5.64. The molecule has 0 atom stereocenters. The Morgan fingerprint density at radius 1 is 0.862 bits per heavy atom. The van der Waals surface area contributed by atoms with Gasteiger partial charge in [-0.15, -0.1) is 0 Å². The summed E-state index contributed by atoms with van der Waals surface area (Å²) in [5, 5.41) is 0. The predicted octanol–water partition coefficient (Wildman–Crippen LogP) is 2.75. The molecule has 1 aliphatic rings. The SMILES string of the molecule is Cc1cccc(CN(CCCN2CCN(CCCN)CC2)Cc2ccccc2)n1. The highest BCUT2D eigenvalue weighted by atomic mass is 15.3. The van der Waals surface area contributed by atoms with Gasteiger partial charge in [0.25, 0.3) is 0 Å². The van der Waals surface area contributed by atoms with E-state index in [1.54, 1.807) is 0 Å². The Hall–Kier alpha value is -1.79. The van der Waals surface area contributed by atoms with Crippen molar-refractivity contribution in [3.63, 3.8) is 0 Å². The fourth-order valence-electron chi connectivity index (χ4n) is 4.04. The summed E-state index contributed by atoms with van der Waals surface area (Å²) in [6.07, 6.45) is 2.31. The van der Waals surface area contributed by atoms with Crippen molar-refractivity contribution in [3.8, 4) is 0 Å². The molecule has 3 rings (SSSR count). The van der Waals surface area contributed by atoms with Crippen LogP contribution in [0.1, 0.15) is 29.8 Å². The predicted molar refractivity (Wildman–Crippen MR) is 121 cm³/mol. The van der Waals surface area contributed by atoms with E-state index in [2.05, 4.69) is 70.2 Å². The average Bonchev–Trinajstić information content (AvgIpc) is 2.74. The molecule has 1 saturated heterocycles. The van der Waals surface area contributed by atoms with Crippen molar-refractivity contribution in [1.82, 2.24) is 19.7 Å². The van der Waals surface area contributed by atoms with E-state index in [9.17, 15) is 0 Å². The quantitative estimate of drug-likeness (QED) is 0.634. The molecule has 0 spiro atoms. The van der Waals surface area contributed by atoms with Crippen LogP contribution in [-0.4, -0.2) is 72.0 Å². The summed E-state index contributed by atoms with van der Waals surface area (Å²) in [7, 11) is 0. The summed E-state index contributed by atoms with van der Waals surface area (Å²) >= 11 is 0. The zero-order valence-corrected chi connectivity index (χ0v) is 18.0. The van der Waals surface area contributed by atoms with Gasteiger partial charge in [-0.3, -0.25) is 9.88 Å². The Bertz CT molecular complexity index is 697. The average molecular weight is 396 g/mol. The first-order valence-electron chi connectivity index (χ1n) is 11.1. The largest absolute Gasteiger partial charge is 0.330 e. The molecule has 1 aromatic carbocycles. The minimum atomic E-state index is 0.799. The van der Waals surface area contributed by atoms with Gasteiger partial charge in [-0.2, -0.15) is 0 Å². The topological polar surface area (TPSA) is 48.6 Å². The van der Waals surface area contributed by atoms with E-state index in [0.717, 1.165) is 50.5 Å². The van der Waals surface area contributed by atoms with Crippen LogP contribution in [0, 0.1) is 6.92 Å². The first-order valence-corrected chi connectivity index (χ1v) is 11.1. The number of benzene rings is 1. The summed E-state index contributed by atoms with van der Waals surface area (Å²) in [6.45, 7) is 12.9. The van der Waals surface area contributed by atoms with E-state index in [1.807, 2.05) is 0 Å². The standard InChI is InChI=1S/C24H37N5/c1-22-8-5-11-24(26-22)21-29(20-23-9-3-2-4-10-23)15-7-14-28-18-16-27(17-19-28)13-6-12-25/h2-5,8-11H,6-7,12-21,25H2,1H3. The van der Waals surface area contributed by atoms with E-state index in [-0.39, 0.29) is 0 Å². The van der Waals surface area contributed by atoms with Crippen molar-refractivity contribution in [1.29, 1.82) is 0 Å². The second-order valence-corrected chi connectivity index (χ2v) is 8.15. The van der Waals surface area contributed by atoms with Crippen LogP contribution in [0.4, 0.5) is 0 Å². The van der Waals surface area contributed by atoms with E-state index in [4.69, 9.17) is 10.7 Å². The number of hydrogen-bond donors (Lipinski definition) is 1. The molecule has 1 aliphatic heterocycles. The van der Waals surface area contributed by atoms with E-state index < -0.39 is 0 Å². The number of nitrogens with two attached hydrogens (primary N) is 1. The number of piperazine rings is 1. The number of rotatable bonds is 11. The van der Waals surface area contributed by atoms with Gasteiger partial charge in [-0.05, 0) is 57.1 Å². The van der Waals surface area contributed by atoms with Crippen LogP contribution >= 0.6 is 0 Å². The third-order valence-electron chi connectivity index (χ3n) is 5.67. The van der Waals surface area contributed by atoms with Crippen molar-refractivity contribution in [2.24, 2.45) is 5.73 Å². The lowest BCUT2D eigenvalue weighted by Crippen LogP contribution is -2.47. The molecule has 2 aromatic rings. The van der Waals surface area contributed by atoms with Crippen LogP contribution in [0.5, 0.6) is 0 Å². The van der Waals surface area contributed by atoms with Crippen LogP contribution in [0.25, 0.3) is 0 Å². The Kier molecular flexibility index (Phi) is 9.09. The van der Waals surface area contributed by atoms with Gasteiger partial charge in [0.2, 0.25) is 0 Å². The zero-order chi connectivity index (χ0) is 20.3. The van der Waals surface area contributed by atoms with Gasteiger partial charge in [0.05, 0.1) is 5.69 Å². The van der Waals surface area contributed by atoms with Crippen molar-refractivity contribution >= 4 is 0 Å². The molecular weight excluding hydrogens is 358 g/mol. The fourth-order valence-corrected chi connectivity index (χ4v) is 4.04. The van der Waals surface area contributed by atoms with Crippen LogP contribution in [0.2, 0.25) is 0 Å². The maximum Gasteiger partial charge on any atom is 0.0547 e. The molecule has 29 heavy (non-hydrogen) atoms. The first-order chi connectivity index (χ1) is 14.2. The number of aromatic nitrogens is 1. The Balaban J connectivity index is 1.48. The second-order valence-electron chi connectivity index (χ2n) is 8.15. The highest BCUT2D eigenvalue weighted by Crippen LogP contribution is 2.11. The van der Waals surface area contributed by atoms with Gasteiger partial charge < -0.3 is 15.5 Å². The number of hydrogen-bond acceptors (Lipinski definition) is 5. The Morgan fingerprint density at radius 3 is 2.21 bits per heavy atom. The monoisotopic (exact) mass is 395 g/mol. The molecule has 0 unspecified atom stereocenters. The van der Waals surface area contributed by atoms with Gasteiger partial charge in [0.15, 0.2) is 0 Å². The minimum Gasteiger partial charge on any atom is -0.330 e. The van der Waals surface area contributed by atoms with Gasteiger partial charge in [-0.25, -0.2) is 0 Å². The van der Waals surface area contributed by atoms with Crippen LogP contribution in [-0.2, 0) is 13.1 Å². The summed E-state index contributed by atoms with van der Waals surface area (Å²) < 4.78 is 0. The molecule has 1 aromatic heterocycles. The lowest BCUT2D eigenvalue weighted by atomic mass is 10.2. The lowest BCUT2D eigenvalue weighted by molar-refractivity contribution is 0.125. The molecule has 2 heterocycles. The summed E-state index contributed by atoms with van der Waals surface area (Å²) in [4.78, 5) is 12.4. The molecular formula is C24H37N5. The lowest BCUT2D eigenvalue weighted by Gasteiger charge is -2.35. The minimum absolute atomic E-state index is 0.799. The molecule has 2 N–H and O–H groups in total. The normalized spacial score (nSPS) is 15.8.